The number of halogens is 3. The van der Waals surface area contributed by atoms with Crippen LogP contribution in [0.2, 0.25) is 0 Å². The zero-order valence-corrected chi connectivity index (χ0v) is 13.1. The Kier molecular flexibility index (Phi) is 6.08. The molecule has 0 aromatic heterocycles. The maximum atomic E-state index is 12.1. The summed E-state index contributed by atoms with van der Waals surface area (Å²) < 4.78 is 40.1. The molecule has 0 saturated carbocycles. The lowest BCUT2D eigenvalue weighted by Crippen LogP contribution is -2.16. The first-order valence-electron chi connectivity index (χ1n) is 7.54. The van der Waals surface area contributed by atoms with Crippen LogP contribution in [0.4, 0.5) is 13.2 Å². The number of unbranched alkanes of at least 4 members (excludes halogenated alkanes) is 1. The van der Waals surface area contributed by atoms with Gasteiger partial charge in [0, 0.05) is 11.1 Å². The van der Waals surface area contributed by atoms with Crippen molar-refractivity contribution >= 4 is 0 Å². The summed E-state index contributed by atoms with van der Waals surface area (Å²) in [5.74, 6) is 5.66. The molecular formula is C20H17F3O. The third kappa shape index (κ3) is 6.21. The number of hydrogen-bond donors (Lipinski definition) is 0. The quantitative estimate of drug-likeness (QED) is 0.400. The molecule has 0 aliphatic rings. The zero-order chi connectivity index (χ0) is 17.4. The fourth-order valence-corrected chi connectivity index (χ4v) is 2.09. The topological polar surface area (TPSA) is 9.23 Å². The number of benzene rings is 2. The number of allylic oxidation sites excluding steroid dienone is 1. The van der Waals surface area contributed by atoms with Crippen LogP contribution in [0, 0.1) is 11.8 Å². The minimum atomic E-state index is -4.68. The van der Waals surface area contributed by atoms with Crippen LogP contribution in [0.15, 0.2) is 61.2 Å². The second-order valence-corrected chi connectivity index (χ2v) is 5.20. The van der Waals surface area contributed by atoms with E-state index in [0.717, 1.165) is 24.8 Å². The molecule has 0 N–H and O–H groups in total. The van der Waals surface area contributed by atoms with Crippen molar-refractivity contribution in [1.82, 2.24) is 0 Å². The molecule has 124 valence electrons. The highest BCUT2D eigenvalue weighted by Gasteiger charge is 2.30. The molecule has 24 heavy (non-hydrogen) atoms. The van der Waals surface area contributed by atoms with E-state index in [1.165, 1.54) is 29.8 Å². The maximum Gasteiger partial charge on any atom is 0.573 e. The number of rotatable bonds is 5. The van der Waals surface area contributed by atoms with Crippen LogP contribution in [0.3, 0.4) is 0 Å². The SMILES string of the molecule is C=CCCCc1ccc(C#Cc2ccc(OC(F)(F)F)cc2)cc1. The van der Waals surface area contributed by atoms with E-state index in [1.807, 2.05) is 30.3 Å². The van der Waals surface area contributed by atoms with Gasteiger partial charge in [0.1, 0.15) is 5.75 Å². The van der Waals surface area contributed by atoms with E-state index in [4.69, 9.17) is 0 Å². The zero-order valence-electron chi connectivity index (χ0n) is 13.1. The monoisotopic (exact) mass is 330 g/mol. The summed E-state index contributed by atoms with van der Waals surface area (Å²) in [6.07, 6.45) is 0.294. The molecule has 2 aromatic carbocycles. The van der Waals surface area contributed by atoms with Crippen molar-refractivity contribution in [1.29, 1.82) is 0 Å². The summed E-state index contributed by atoms with van der Waals surface area (Å²) in [6, 6.07) is 13.4. The third-order valence-corrected chi connectivity index (χ3v) is 3.27. The second-order valence-electron chi connectivity index (χ2n) is 5.20. The van der Waals surface area contributed by atoms with Gasteiger partial charge in [-0.15, -0.1) is 19.8 Å². The molecule has 2 aromatic rings. The van der Waals surface area contributed by atoms with Crippen LogP contribution < -0.4 is 4.74 Å². The molecule has 0 bridgehead atoms. The fraction of sp³-hybridized carbons (Fsp3) is 0.200. The van der Waals surface area contributed by atoms with E-state index in [1.54, 1.807) is 0 Å². The molecule has 0 saturated heterocycles. The van der Waals surface area contributed by atoms with Crippen LogP contribution >= 0.6 is 0 Å². The highest BCUT2D eigenvalue weighted by Crippen LogP contribution is 2.22. The minimum absolute atomic E-state index is 0.253. The fourth-order valence-electron chi connectivity index (χ4n) is 2.09. The van der Waals surface area contributed by atoms with Crippen molar-refractivity contribution in [2.45, 2.75) is 25.6 Å². The van der Waals surface area contributed by atoms with Crippen LogP contribution in [0.25, 0.3) is 0 Å². The standard InChI is InChI=1S/C20H17F3O/c1-2-3-4-5-16-6-8-17(9-7-16)10-11-18-12-14-19(15-13-18)24-20(21,22)23/h2,6-9,12-15H,1,3-5H2. The van der Waals surface area contributed by atoms with Gasteiger partial charge in [0.15, 0.2) is 0 Å². The molecule has 0 aliphatic carbocycles. The Labute approximate surface area is 139 Å². The van der Waals surface area contributed by atoms with E-state index in [0.29, 0.717) is 5.56 Å². The Morgan fingerprint density at radius 1 is 0.917 bits per heavy atom. The molecule has 0 fully saturated rings. The first kappa shape index (κ1) is 17.7. The Balaban J connectivity index is 1.97. The van der Waals surface area contributed by atoms with E-state index in [2.05, 4.69) is 23.2 Å². The van der Waals surface area contributed by atoms with Crippen LogP contribution in [0.1, 0.15) is 29.5 Å². The van der Waals surface area contributed by atoms with Crippen molar-refractivity contribution in [3.05, 3.63) is 77.9 Å². The normalized spacial score (nSPS) is 10.6. The average Bonchev–Trinajstić information content (AvgIpc) is 2.54. The minimum Gasteiger partial charge on any atom is -0.406 e. The lowest BCUT2D eigenvalue weighted by Gasteiger charge is -2.07. The molecule has 1 nitrogen and oxygen atoms in total. The van der Waals surface area contributed by atoms with E-state index in [-0.39, 0.29) is 5.75 Å². The molecule has 4 heteroatoms. The number of alkyl halides is 3. The first-order valence-corrected chi connectivity index (χ1v) is 7.54. The van der Waals surface area contributed by atoms with Gasteiger partial charge in [0.25, 0.3) is 0 Å². The molecule has 0 heterocycles. The van der Waals surface area contributed by atoms with Gasteiger partial charge in [-0.05, 0) is 61.2 Å². The lowest BCUT2D eigenvalue weighted by molar-refractivity contribution is -0.274. The summed E-state index contributed by atoms with van der Waals surface area (Å²) in [5.41, 5.74) is 2.73. The van der Waals surface area contributed by atoms with Gasteiger partial charge >= 0.3 is 6.36 Å². The summed E-state index contributed by atoms with van der Waals surface area (Å²) in [5, 5.41) is 0. The van der Waals surface area contributed by atoms with Crippen molar-refractivity contribution in [3.8, 4) is 17.6 Å². The lowest BCUT2D eigenvalue weighted by atomic mass is 10.1. The van der Waals surface area contributed by atoms with Crippen molar-refractivity contribution in [3.63, 3.8) is 0 Å². The van der Waals surface area contributed by atoms with Crippen LogP contribution in [-0.4, -0.2) is 6.36 Å². The van der Waals surface area contributed by atoms with E-state index in [9.17, 15) is 13.2 Å². The molecule has 2 rings (SSSR count). The number of hydrogen-bond acceptors (Lipinski definition) is 1. The van der Waals surface area contributed by atoms with Crippen molar-refractivity contribution in [2.24, 2.45) is 0 Å². The third-order valence-electron chi connectivity index (χ3n) is 3.27. The van der Waals surface area contributed by atoms with Crippen LogP contribution in [-0.2, 0) is 6.42 Å². The van der Waals surface area contributed by atoms with Gasteiger partial charge in [-0.1, -0.05) is 30.0 Å². The Morgan fingerprint density at radius 3 is 1.96 bits per heavy atom. The molecule has 0 unspecified atom stereocenters. The van der Waals surface area contributed by atoms with Gasteiger partial charge in [-0.25, -0.2) is 0 Å². The largest absolute Gasteiger partial charge is 0.573 e. The van der Waals surface area contributed by atoms with Crippen molar-refractivity contribution < 1.29 is 17.9 Å². The maximum absolute atomic E-state index is 12.1. The van der Waals surface area contributed by atoms with Crippen LogP contribution in [0.5, 0.6) is 5.75 Å². The predicted molar refractivity (Wildman–Crippen MR) is 88.7 cm³/mol. The second kappa shape index (κ2) is 8.26. The van der Waals surface area contributed by atoms with Gasteiger partial charge < -0.3 is 4.74 Å². The average molecular weight is 330 g/mol. The molecule has 0 amide bonds. The molecule has 0 atom stereocenters. The molecule has 0 radical (unpaired) electrons. The van der Waals surface area contributed by atoms with Gasteiger partial charge in [-0.2, -0.15) is 0 Å². The molecule has 0 spiro atoms. The smallest absolute Gasteiger partial charge is 0.406 e. The number of ether oxygens (including phenoxy) is 1. The Hall–Kier alpha value is -2.67. The predicted octanol–water partition coefficient (Wildman–Crippen LogP) is 5.49. The summed E-state index contributed by atoms with van der Waals surface area (Å²) in [6.45, 7) is 3.70. The van der Waals surface area contributed by atoms with E-state index < -0.39 is 6.36 Å². The van der Waals surface area contributed by atoms with Crippen molar-refractivity contribution in [2.75, 3.05) is 0 Å². The molecule has 0 aliphatic heterocycles. The highest BCUT2D eigenvalue weighted by atomic mass is 19.4. The summed E-state index contributed by atoms with van der Waals surface area (Å²) in [7, 11) is 0. The van der Waals surface area contributed by atoms with Gasteiger partial charge in [-0.3, -0.25) is 0 Å². The summed E-state index contributed by atoms with van der Waals surface area (Å²) in [4.78, 5) is 0. The van der Waals surface area contributed by atoms with Gasteiger partial charge in [0.2, 0.25) is 0 Å². The first-order chi connectivity index (χ1) is 11.5. The van der Waals surface area contributed by atoms with Gasteiger partial charge in [0.05, 0.1) is 0 Å². The molecular weight excluding hydrogens is 313 g/mol. The van der Waals surface area contributed by atoms with E-state index >= 15 is 0 Å². The summed E-state index contributed by atoms with van der Waals surface area (Å²) >= 11 is 0. The highest BCUT2D eigenvalue weighted by molar-refractivity contribution is 5.44. The number of aryl methyl sites for hydroxylation is 1. The Bertz CT molecular complexity index is 717. The Morgan fingerprint density at radius 2 is 1.46 bits per heavy atom.